The molecule has 0 aliphatic carbocycles. The fraction of sp³-hybridized carbons (Fsp3) is 0.400. The van der Waals surface area contributed by atoms with E-state index in [9.17, 15) is 25.2 Å². The third-order valence-electron chi connectivity index (χ3n) is 4.61. The summed E-state index contributed by atoms with van der Waals surface area (Å²) in [4.78, 5) is 12.7. The number of fused-ring (bicyclic) bond motifs is 1. The Bertz CT molecular complexity index is 1150. The summed E-state index contributed by atoms with van der Waals surface area (Å²) in [5.74, 6) is -1.55. The van der Waals surface area contributed by atoms with Gasteiger partial charge in [-0.15, -0.1) is 0 Å². The number of aliphatic hydroxyl groups is 3. The van der Waals surface area contributed by atoms with E-state index in [1.54, 1.807) is 6.92 Å². The number of phenolic OH excluding ortho intramolecular Hbond substituents is 4. The summed E-state index contributed by atoms with van der Waals surface area (Å²) < 4.78 is 15.8. The summed E-state index contributed by atoms with van der Waals surface area (Å²) in [5, 5.41) is 63.1. The number of aromatic hydroxyl groups is 4. The van der Waals surface area contributed by atoms with Crippen molar-refractivity contribution in [1.29, 1.82) is 0 Å². The number of hydrogen-bond acceptors (Lipinski definition) is 11. The van der Waals surface area contributed by atoms with Crippen LogP contribution >= 0.6 is 0 Å². The predicted molar refractivity (Wildman–Crippen MR) is 133 cm³/mol. The van der Waals surface area contributed by atoms with Gasteiger partial charge in [0, 0.05) is 31.2 Å². The minimum Gasteiger partial charge on any atom is -0.508 e. The van der Waals surface area contributed by atoms with E-state index >= 15 is 0 Å². The SMILES string of the molecule is CC.CCOc1c(-c2ccc(O)c(O)c2)oc2cc(O)cc(O)c2c1=O.CO.OC1COCC(O)C1. The van der Waals surface area contributed by atoms with Gasteiger partial charge in [0.25, 0.3) is 0 Å². The van der Waals surface area contributed by atoms with Crippen LogP contribution in [0.5, 0.6) is 28.7 Å². The molecule has 0 bridgehead atoms. The molecule has 2 atom stereocenters. The zero-order valence-electron chi connectivity index (χ0n) is 20.6. The van der Waals surface area contributed by atoms with E-state index in [2.05, 4.69) is 0 Å². The molecule has 1 aromatic heterocycles. The molecule has 2 aromatic carbocycles. The first kappa shape index (κ1) is 30.5. The summed E-state index contributed by atoms with van der Waals surface area (Å²) in [6.07, 6.45) is -0.461. The monoisotopic (exact) mass is 510 g/mol. The predicted octanol–water partition coefficient (Wildman–Crippen LogP) is 2.44. The number of rotatable bonds is 3. The Morgan fingerprint density at radius 1 is 0.917 bits per heavy atom. The molecule has 36 heavy (non-hydrogen) atoms. The van der Waals surface area contributed by atoms with Gasteiger partial charge in [-0.05, 0) is 25.1 Å². The van der Waals surface area contributed by atoms with E-state index in [1.807, 2.05) is 13.8 Å². The number of benzene rings is 2. The van der Waals surface area contributed by atoms with Gasteiger partial charge in [0.1, 0.15) is 22.5 Å². The highest BCUT2D eigenvalue weighted by Crippen LogP contribution is 2.38. The molecule has 4 rings (SSSR count). The molecule has 2 heterocycles. The lowest BCUT2D eigenvalue weighted by Crippen LogP contribution is -2.32. The third-order valence-corrected chi connectivity index (χ3v) is 4.61. The standard InChI is InChI=1S/C17H14O7.C5H10O3.C2H6.CH4O/c1-2-23-17-15(22)14-12(21)6-9(18)7-13(14)24-16(17)8-3-4-10(19)11(20)5-8;6-4-1-5(7)3-8-2-4;2*1-2/h3-7,18-21H,2H2,1H3;4-7H,1-3H2;1-2H3;2H,1H3. The van der Waals surface area contributed by atoms with Gasteiger partial charge in [0.15, 0.2) is 17.3 Å². The average Bonchev–Trinajstić information content (AvgIpc) is 2.85. The summed E-state index contributed by atoms with van der Waals surface area (Å²) in [5.41, 5.74) is -0.364. The van der Waals surface area contributed by atoms with Crippen molar-refractivity contribution in [2.24, 2.45) is 0 Å². The highest BCUT2D eigenvalue weighted by molar-refractivity contribution is 5.88. The molecule has 1 saturated heterocycles. The Kier molecular flexibility index (Phi) is 12.5. The highest BCUT2D eigenvalue weighted by atomic mass is 16.5. The molecule has 0 amide bonds. The summed E-state index contributed by atoms with van der Waals surface area (Å²) in [6, 6.07) is 6.11. The van der Waals surface area contributed by atoms with E-state index in [-0.39, 0.29) is 46.1 Å². The second kappa shape index (κ2) is 14.8. The molecule has 1 fully saturated rings. The van der Waals surface area contributed by atoms with Crippen LogP contribution in [-0.4, -0.2) is 74.9 Å². The second-order valence-corrected chi connectivity index (χ2v) is 7.14. The Morgan fingerprint density at radius 3 is 2.03 bits per heavy atom. The molecule has 3 aromatic rings. The minimum atomic E-state index is -0.613. The fourth-order valence-electron chi connectivity index (χ4n) is 3.19. The zero-order chi connectivity index (χ0) is 27.4. The van der Waals surface area contributed by atoms with Gasteiger partial charge in [-0.25, -0.2) is 0 Å². The quantitative estimate of drug-likeness (QED) is 0.256. The molecule has 200 valence electrons. The van der Waals surface area contributed by atoms with Crippen LogP contribution < -0.4 is 10.2 Å². The lowest BCUT2D eigenvalue weighted by atomic mass is 10.1. The molecule has 1 aliphatic rings. The van der Waals surface area contributed by atoms with Crippen molar-refractivity contribution >= 4 is 11.0 Å². The van der Waals surface area contributed by atoms with E-state index in [1.165, 1.54) is 24.3 Å². The van der Waals surface area contributed by atoms with Gasteiger partial charge >= 0.3 is 0 Å². The van der Waals surface area contributed by atoms with Crippen molar-refractivity contribution in [3.05, 3.63) is 40.6 Å². The van der Waals surface area contributed by atoms with Gasteiger partial charge in [0.05, 0.1) is 32.0 Å². The maximum Gasteiger partial charge on any atom is 0.239 e. The van der Waals surface area contributed by atoms with E-state index < -0.39 is 29.1 Å². The Morgan fingerprint density at radius 2 is 1.53 bits per heavy atom. The molecule has 11 nitrogen and oxygen atoms in total. The number of aliphatic hydroxyl groups excluding tert-OH is 3. The lowest BCUT2D eigenvalue weighted by molar-refractivity contribution is -0.0715. The van der Waals surface area contributed by atoms with E-state index in [0.717, 1.165) is 13.2 Å². The number of ether oxygens (including phenoxy) is 2. The molecule has 0 spiro atoms. The number of phenols is 4. The van der Waals surface area contributed by atoms with Crippen molar-refractivity contribution in [2.75, 3.05) is 26.9 Å². The fourth-order valence-corrected chi connectivity index (χ4v) is 3.19. The third kappa shape index (κ3) is 7.75. The molecule has 0 saturated carbocycles. The van der Waals surface area contributed by atoms with Crippen LogP contribution in [0.3, 0.4) is 0 Å². The van der Waals surface area contributed by atoms with Crippen molar-refractivity contribution < 1.29 is 49.6 Å². The van der Waals surface area contributed by atoms with Crippen LogP contribution in [0.25, 0.3) is 22.3 Å². The largest absolute Gasteiger partial charge is 0.508 e. The van der Waals surface area contributed by atoms with Crippen molar-refractivity contribution in [3.8, 4) is 40.1 Å². The van der Waals surface area contributed by atoms with E-state index in [0.29, 0.717) is 19.6 Å². The van der Waals surface area contributed by atoms with Gasteiger partial charge in [0.2, 0.25) is 11.2 Å². The molecule has 7 N–H and O–H groups in total. The Balaban J connectivity index is 0.000000452. The topological polar surface area (TPSA) is 190 Å². The maximum atomic E-state index is 12.7. The zero-order valence-corrected chi connectivity index (χ0v) is 20.6. The first-order chi connectivity index (χ1) is 17.2. The second-order valence-electron chi connectivity index (χ2n) is 7.14. The van der Waals surface area contributed by atoms with Crippen LogP contribution in [0.1, 0.15) is 27.2 Å². The Hall–Kier alpha value is -3.51. The Labute approximate surface area is 208 Å². The van der Waals surface area contributed by atoms with Gasteiger partial charge in [-0.3, -0.25) is 4.79 Å². The first-order valence-electron chi connectivity index (χ1n) is 11.3. The van der Waals surface area contributed by atoms with Gasteiger partial charge in [-0.2, -0.15) is 0 Å². The van der Waals surface area contributed by atoms with Crippen LogP contribution in [0.4, 0.5) is 0 Å². The molecular formula is C25H34O11. The van der Waals surface area contributed by atoms with Gasteiger partial charge < -0.3 is 49.6 Å². The van der Waals surface area contributed by atoms with Crippen molar-refractivity contribution in [2.45, 2.75) is 39.4 Å². The maximum absolute atomic E-state index is 12.7. The van der Waals surface area contributed by atoms with Gasteiger partial charge in [-0.1, -0.05) is 13.8 Å². The summed E-state index contributed by atoms with van der Waals surface area (Å²) in [6.45, 7) is 6.60. The number of hydrogen-bond donors (Lipinski definition) is 7. The minimum absolute atomic E-state index is 0.00894. The van der Waals surface area contributed by atoms with Crippen LogP contribution in [0, 0.1) is 0 Å². The molecule has 2 unspecified atom stereocenters. The molecule has 0 radical (unpaired) electrons. The van der Waals surface area contributed by atoms with Crippen LogP contribution in [0.15, 0.2) is 39.5 Å². The summed E-state index contributed by atoms with van der Waals surface area (Å²) >= 11 is 0. The smallest absolute Gasteiger partial charge is 0.239 e. The highest BCUT2D eigenvalue weighted by Gasteiger charge is 2.21. The normalized spacial score (nSPS) is 16.4. The lowest BCUT2D eigenvalue weighted by Gasteiger charge is -2.21. The molecule has 1 aliphatic heterocycles. The van der Waals surface area contributed by atoms with Crippen molar-refractivity contribution in [1.82, 2.24) is 0 Å². The molecular weight excluding hydrogens is 476 g/mol. The van der Waals surface area contributed by atoms with E-state index in [4.69, 9.17) is 29.2 Å². The average molecular weight is 511 g/mol. The first-order valence-corrected chi connectivity index (χ1v) is 11.3. The summed E-state index contributed by atoms with van der Waals surface area (Å²) in [7, 11) is 1.00. The molecule has 11 heteroatoms. The van der Waals surface area contributed by atoms with Crippen molar-refractivity contribution in [3.63, 3.8) is 0 Å². The van der Waals surface area contributed by atoms with Crippen LogP contribution in [0.2, 0.25) is 0 Å². The van der Waals surface area contributed by atoms with Crippen LogP contribution in [-0.2, 0) is 4.74 Å².